The van der Waals surface area contributed by atoms with Crippen LogP contribution in [0.2, 0.25) is 0 Å². The van der Waals surface area contributed by atoms with E-state index in [1.807, 2.05) is 14.0 Å². The minimum Gasteiger partial charge on any atom is -0.305 e. The van der Waals surface area contributed by atoms with Gasteiger partial charge in [-0.05, 0) is 51.1 Å². The van der Waals surface area contributed by atoms with Crippen LogP contribution in [0.15, 0.2) is 23.1 Å². The highest BCUT2D eigenvalue weighted by Crippen LogP contribution is 2.25. The molecule has 1 heterocycles. The van der Waals surface area contributed by atoms with Gasteiger partial charge in [-0.1, -0.05) is 13.0 Å². The number of aryl methyl sites for hydroxylation is 1. The van der Waals surface area contributed by atoms with Crippen molar-refractivity contribution in [3.05, 3.63) is 29.6 Å². The number of benzene rings is 1. The summed E-state index contributed by atoms with van der Waals surface area (Å²) in [7, 11) is -1.80. The highest BCUT2D eigenvalue weighted by atomic mass is 32.2. The molecule has 21 heavy (non-hydrogen) atoms. The van der Waals surface area contributed by atoms with Crippen LogP contribution in [0.3, 0.4) is 0 Å². The van der Waals surface area contributed by atoms with E-state index in [9.17, 15) is 12.8 Å². The maximum Gasteiger partial charge on any atom is 0.246 e. The van der Waals surface area contributed by atoms with E-state index in [4.69, 9.17) is 0 Å². The number of likely N-dealkylation sites (N-methyl/N-ethyl adjacent to an activating group) is 1. The molecule has 1 aromatic carbocycles. The van der Waals surface area contributed by atoms with Gasteiger partial charge in [0.05, 0.1) is 0 Å². The van der Waals surface area contributed by atoms with E-state index < -0.39 is 15.8 Å². The van der Waals surface area contributed by atoms with Crippen molar-refractivity contribution in [2.75, 3.05) is 26.7 Å². The molecule has 2 rings (SSSR count). The van der Waals surface area contributed by atoms with Crippen LogP contribution in [0.5, 0.6) is 0 Å². The van der Waals surface area contributed by atoms with Gasteiger partial charge < -0.3 is 4.90 Å². The summed E-state index contributed by atoms with van der Waals surface area (Å²) in [4.78, 5) is 1.93. The molecule has 1 aliphatic rings. The maximum absolute atomic E-state index is 14.0. The van der Waals surface area contributed by atoms with Gasteiger partial charge in [0.25, 0.3) is 0 Å². The third-order valence-electron chi connectivity index (χ3n) is 3.99. The van der Waals surface area contributed by atoms with E-state index in [1.165, 1.54) is 16.4 Å². The number of hydrogen-bond acceptors (Lipinski definition) is 3. The molecule has 0 spiro atoms. The lowest BCUT2D eigenvalue weighted by Gasteiger charge is -2.29. The first-order valence-corrected chi connectivity index (χ1v) is 8.76. The molecule has 6 heteroatoms. The van der Waals surface area contributed by atoms with E-state index >= 15 is 0 Å². The number of rotatable bonds is 3. The van der Waals surface area contributed by atoms with Crippen molar-refractivity contribution in [1.82, 2.24) is 9.21 Å². The van der Waals surface area contributed by atoms with Crippen LogP contribution in [-0.2, 0) is 10.0 Å². The molecule has 118 valence electrons. The van der Waals surface area contributed by atoms with E-state index in [0.717, 1.165) is 24.9 Å². The Kier molecular flexibility index (Phi) is 5.01. The zero-order valence-electron chi connectivity index (χ0n) is 12.8. The minimum absolute atomic E-state index is 0.109. The molecule has 1 aliphatic heterocycles. The third-order valence-corrected chi connectivity index (χ3v) is 5.96. The Balaban J connectivity index is 2.43. The standard InChI is InChI=1S/C15H23FN2O2S/c1-4-13-11-17(3)8-5-9-18(13)21(19,20)15-10-12(2)6-7-14(15)16/h6-7,10,13H,4-5,8-9,11H2,1-3H3/t13-/m1/s1. The van der Waals surface area contributed by atoms with Crippen LogP contribution in [0.4, 0.5) is 4.39 Å². The fourth-order valence-electron chi connectivity index (χ4n) is 2.80. The van der Waals surface area contributed by atoms with Crippen molar-refractivity contribution in [3.63, 3.8) is 0 Å². The summed E-state index contributed by atoms with van der Waals surface area (Å²) in [6.45, 7) is 5.73. The maximum atomic E-state index is 14.0. The number of sulfonamides is 1. The normalized spacial score (nSPS) is 22.2. The summed E-state index contributed by atoms with van der Waals surface area (Å²) in [5, 5.41) is 0. The van der Waals surface area contributed by atoms with Crippen molar-refractivity contribution >= 4 is 10.0 Å². The Bertz CT molecular complexity index is 604. The smallest absolute Gasteiger partial charge is 0.246 e. The molecule has 1 aromatic rings. The highest BCUT2D eigenvalue weighted by Gasteiger charge is 2.34. The molecule has 0 N–H and O–H groups in total. The predicted molar refractivity (Wildman–Crippen MR) is 81.2 cm³/mol. The summed E-state index contributed by atoms with van der Waals surface area (Å²) in [6, 6.07) is 4.13. The van der Waals surface area contributed by atoms with E-state index in [1.54, 1.807) is 13.0 Å². The molecule has 0 bridgehead atoms. The monoisotopic (exact) mass is 314 g/mol. The van der Waals surface area contributed by atoms with Crippen LogP contribution in [0.25, 0.3) is 0 Å². The average Bonchev–Trinajstić information content (AvgIpc) is 2.63. The minimum atomic E-state index is -3.79. The van der Waals surface area contributed by atoms with E-state index in [-0.39, 0.29) is 10.9 Å². The SMILES string of the molecule is CC[C@@H]1CN(C)CCCN1S(=O)(=O)c1cc(C)ccc1F. The lowest BCUT2D eigenvalue weighted by Crippen LogP contribution is -2.43. The second kappa shape index (κ2) is 6.42. The molecule has 0 amide bonds. The first-order valence-electron chi connectivity index (χ1n) is 7.32. The van der Waals surface area contributed by atoms with Crippen LogP contribution < -0.4 is 0 Å². The number of halogens is 1. The van der Waals surface area contributed by atoms with E-state index in [2.05, 4.69) is 4.90 Å². The molecule has 4 nitrogen and oxygen atoms in total. The molecule has 1 saturated heterocycles. The summed E-state index contributed by atoms with van der Waals surface area (Å²) in [6.07, 6.45) is 1.48. The summed E-state index contributed by atoms with van der Waals surface area (Å²) in [5.41, 5.74) is 0.745. The molecule has 0 unspecified atom stereocenters. The van der Waals surface area contributed by atoms with Gasteiger partial charge in [-0.25, -0.2) is 12.8 Å². The van der Waals surface area contributed by atoms with Gasteiger partial charge in [0.15, 0.2) is 0 Å². The third kappa shape index (κ3) is 3.44. The van der Waals surface area contributed by atoms with Gasteiger partial charge in [0, 0.05) is 19.1 Å². The second-order valence-electron chi connectivity index (χ2n) is 5.73. The fraction of sp³-hybridized carbons (Fsp3) is 0.600. The lowest BCUT2D eigenvalue weighted by molar-refractivity contribution is 0.270. The molecule has 1 fully saturated rings. The van der Waals surface area contributed by atoms with E-state index in [0.29, 0.717) is 13.1 Å². The van der Waals surface area contributed by atoms with Crippen LogP contribution in [-0.4, -0.2) is 50.3 Å². The summed E-state index contributed by atoms with van der Waals surface area (Å²) < 4.78 is 41.2. The van der Waals surface area contributed by atoms with Gasteiger partial charge in [0.2, 0.25) is 10.0 Å². The molecular weight excluding hydrogens is 291 g/mol. The van der Waals surface area contributed by atoms with Crippen molar-refractivity contribution < 1.29 is 12.8 Å². The zero-order chi connectivity index (χ0) is 15.6. The largest absolute Gasteiger partial charge is 0.305 e. The molecule has 0 aliphatic carbocycles. The Morgan fingerprint density at radius 1 is 1.33 bits per heavy atom. The van der Waals surface area contributed by atoms with Crippen molar-refractivity contribution in [3.8, 4) is 0 Å². The molecular formula is C15H23FN2O2S. The predicted octanol–water partition coefficient (Wildman–Crippen LogP) is 2.24. The van der Waals surface area contributed by atoms with Crippen molar-refractivity contribution in [1.29, 1.82) is 0 Å². The van der Waals surface area contributed by atoms with Gasteiger partial charge in [-0.2, -0.15) is 4.31 Å². The van der Waals surface area contributed by atoms with Crippen LogP contribution in [0.1, 0.15) is 25.3 Å². The Hall–Kier alpha value is -0.980. The van der Waals surface area contributed by atoms with Gasteiger partial charge in [-0.15, -0.1) is 0 Å². The van der Waals surface area contributed by atoms with Crippen LogP contribution in [0, 0.1) is 12.7 Å². The molecule has 0 radical (unpaired) electrons. The Labute approximate surface area is 126 Å². The Morgan fingerprint density at radius 3 is 2.71 bits per heavy atom. The fourth-order valence-corrected chi connectivity index (χ4v) is 4.68. The topological polar surface area (TPSA) is 40.6 Å². The van der Waals surface area contributed by atoms with Crippen LogP contribution >= 0.6 is 0 Å². The summed E-state index contributed by atoms with van der Waals surface area (Å²) in [5.74, 6) is -0.673. The average molecular weight is 314 g/mol. The first-order chi connectivity index (χ1) is 9.86. The highest BCUT2D eigenvalue weighted by molar-refractivity contribution is 7.89. The quantitative estimate of drug-likeness (QED) is 0.859. The van der Waals surface area contributed by atoms with Crippen molar-refractivity contribution in [2.45, 2.75) is 37.6 Å². The summed E-state index contributed by atoms with van der Waals surface area (Å²) >= 11 is 0. The Morgan fingerprint density at radius 2 is 2.05 bits per heavy atom. The number of hydrogen-bond donors (Lipinski definition) is 0. The van der Waals surface area contributed by atoms with Crippen molar-refractivity contribution in [2.24, 2.45) is 0 Å². The van der Waals surface area contributed by atoms with Gasteiger partial charge >= 0.3 is 0 Å². The lowest BCUT2D eigenvalue weighted by atomic mass is 10.2. The van der Waals surface area contributed by atoms with Gasteiger partial charge in [0.1, 0.15) is 10.7 Å². The van der Waals surface area contributed by atoms with Gasteiger partial charge in [-0.3, -0.25) is 0 Å². The number of nitrogens with zero attached hydrogens (tertiary/aromatic N) is 2. The molecule has 1 atom stereocenters. The molecule has 0 aromatic heterocycles. The molecule has 0 saturated carbocycles. The second-order valence-corrected chi connectivity index (χ2v) is 7.59. The zero-order valence-corrected chi connectivity index (χ0v) is 13.7. The first kappa shape index (κ1) is 16.4.